The predicted molar refractivity (Wildman–Crippen MR) is 71.9 cm³/mol. The van der Waals surface area contributed by atoms with Crippen LogP contribution in [0, 0.1) is 0 Å². The molecule has 0 aromatic heterocycles. The number of hydrogen-bond donors (Lipinski definition) is 0. The monoisotopic (exact) mass is 272 g/mol. The van der Waals surface area contributed by atoms with Crippen molar-refractivity contribution >= 4 is 24.1 Å². The van der Waals surface area contributed by atoms with Crippen molar-refractivity contribution in [2.75, 3.05) is 24.7 Å². The molecule has 2 saturated heterocycles. The third-order valence-electron chi connectivity index (χ3n) is 2.08. The van der Waals surface area contributed by atoms with Gasteiger partial charge in [-0.15, -0.1) is 0 Å². The van der Waals surface area contributed by atoms with Gasteiger partial charge in [-0.05, 0) is 0 Å². The fraction of sp³-hybridized carbons (Fsp3) is 0.500. The molecule has 17 heavy (non-hydrogen) atoms. The fourth-order valence-electron chi connectivity index (χ4n) is 0.955. The van der Waals surface area contributed by atoms with Crippen LogP contribution in [0.4, 0.5) is 0 Å². The minimum Gasteiger partial charge on any atom is -0.372 e. The summed E-state index contributed by atoms with van der Waals surface area (Å²) in [6, 6.07) is 12.0. The van der Waals surface area contributed by atoms with E-state index in [-0.39, 0.29) is 0 Å². The number of rotatable bonds is 6. The molecule has 0 saturated carbocycles. The molecule has 2 fully saturated rings. The van der Waals surface area contributed by atoms with E-state index >= 15 is 0 Å². The molecule has 1 aromatic carbocycles. The molecule has 0 spiro atoms. The van der Waals surface area contributed by atoms with Gasteiger partial charge >= 0.3 is 0 Å². The molecule has 0 N–H and O–H groups in total. The van der Waals surface area contributed by atoms with Gasteiger partial charge in [-0.25, -0.2) is 3.63 Å². The second kappa shape index (κ2) is 8.00. The summed E-state index contributed by atoms with van der Waals surface area (Å²) in [7, 11) is 0. The largest absolute Gasteiger partial charge is 0.372 e. The molecular weight excluding hydrogens is 256 g/mol. The normalized spacial score (nSPS) is 24.7. The zero-order valence-electron chi connectivity index (χ0n) is 9.49. The number of ether oxygens (including phenoxy) is 2. The van der Waals surface area contributed by atoms with Crippen LogP contribution in [0.3, 0.4) is 0 Å². The molecule has 1 aromatic rings. The standard InChI is InChI=1S/C6H10O3S2.C6H6/c1-5(7-1)3-10-9-11-4-6-2-8-6;1-2-4-6-5-3-1/h5-6H,1-4H2;1-6H. The lowest BCUT2D eigenvalue weighted by atomic mass is 10.4. The Morgan fingerprint density at radius 1 is 0.824 bits per heavy atom. The zero-order valence-corrected chi connectivity index (χ0v) is 11.1. The van der Waals surface area contributed by atoms with E-state index in [2.05, 4.69) is 0 Å². The van der Waals surface area contributed by atoms with Gasteiger partial charge in [0.1, 0.15) is 0 Å². The van der Waals surface area contributed by atoms with E-state index in [4.69, 9.17) is 13.1 Å². The topological polar surface area (TPSA) is 34.3 Å². The first kappa shape index (κ1) is 13.2. The van der Waals surface area contributed by atoms with E-state index in [0.29, 0.717) is 12.2 Å². The molecule has 2 heterocycles. The van der Waals surface area contributed by atoms with E-state index in [1.165, 1.54) is 24.1 Å². The van der Waals surface area contributed by atoms with Gasteiger partial charge in [-0.2, -0.15) is 0 Å². The number of epoxide rings is 2. The summed E-state index contributed by atoms with van der Waals surface area (Å²) in [6.45, 7) is 1.82. The summed E-state index contributed by atoms with van der Waals surface area (Å²) in [5.41, 5.74) is 0. The van der Waals surface area contributed by atoms with Crippen LogP contribution in [-0.4, -0.2) is 36.9 Å². The van der Waals surface area contributed by atoms with Crippen LogP contribution in [-0.2, 0) is 13.1 Å². The van der Waals surface area contributed by atoms with Gasteiger partial charge in [0.05, 0.1) is 25.4 Å². The maximum absolute atomic E-state index is 5.21. The Kier molecular flexibility index (Phi) is 6.23. The van der Waals surface area contributed by atoms with Gasteiger partial charge in [-0.3, -0.25) is 0 Å². The minimum absolute atomic E-state index is 0.456. The predicted octanol–water partition coefficient (Wildman–Crippen LogP) is 2.78. The van der Waals surface area contributed by atoms with E-state index in [1.54, 1.807) is 0 Å². The van der Waals surface area contributed by atoms with Crippen LogP contribution in [0.15, 0.2) is 36.4 Å². The first-order chi connectivity index (χ1) is 8.45. The van der Waals surface area contributed by atoms with Crippen molar-refractivity contribution in [3.05, 3.63) is 36.4 Å². The second-order valence-electron chi connectivity index (χ2n) is 3.70. The van der Waals surface area contributed by atoms with Gasteiger partial charge in [0.25, 0.3) is 0 Å². The van der Waals surface area contributed by atoms with Crippen molar-refractivity contribution in [1.82, 2.24) is 0 Å². The molecule has 0 aliphatic carbocycles. The smallest absolute Gasteiger partial charge is 0.0922 e. The average molecular weight is 272 g/mol. The molecule has 5 heteroatoms. The van der Waals surface area contributed by atoms with Gasteiger partial charge in [0.15, 0.2) is 0 Å². The van der Waals surface area contributed by atoms with Crippen LogP contribution in [0.1, 0.15) is 0 Å². The molecular formula is C12H16O3S2. The van der Waals surface area contributed by atoms with Gasteiger partial charge in [0.2, 0.25) is 0 Å². The van der Waals surface area contributed by atoms with Gasteiger partial charge in [0, 0.05) is 35.6 Å². The molecule has 0 amide bonds. The average Bonchev–Trinajstić information content (AvgIpc) is 3.27. The van der Waals surface area contributed by atoms with Crippen LogP contribution in [0.25, 0.3) is 0 Å². The van der Waals surface area contributed by atoms with Crippen molar-refractivity contribution in [3.63, 3.8) is 0 Å². The van der Waals surface area contributed by atoms with Crippen LogP contribution in [0.5, 0.6) is 0 Å². The lowest BCUT2D eigenvalue weighted by Crippen LogP contribution is -1.91. The first-order valence-electron chi connectivity index (χ1n) is 5.59. The Balaban J connectivity index is 0.000000153. The summed E-state index contributed by atoms with van der Waals surface area (Å²) in [5, 5.41) is 0. The summed E-state index contributed by atoms with van der Waals surface area (Å²) in [5.74, 6) is 1.91. The Hall–Kier alpha value is -0.200. The number of benzene rings is 1. The number of hydrogen-bond acceptors (Lipinski definition) is 5. The van der Waals surface area contributed by atoms with E-state index in [9.17, 15) is 0 Å². The Bertz CT molecular complexity index is 248. The quantitative estimate of drug-likeness (QED) is 0.452. The zero-order chi connectivity index (χ0) is 11.8. The van der Waals surface area contributed by atoms with Crippen LogP contribution in [0.2, 0.25) is 0 Å². The van der Waals surface area contributed by atoms with Crippen molar-refractivity contribution in [1.29, 1.82) is 0 Å². The molecule has 2 aliphatic heterocycles. The molecule has 0 radical (unpaired) electrons. The summed E-state index contributed by atoms with van der Waals surface area (Å²) < 4.78 is 15.2. The minimum atomic E-state index is 0.456. The van der Waals surface area contributed by atoms with Crippen molar-refractivity contribution in [2.45, 2.75) is 12.2 Å². The fourth-order valence-corrected chi connectivity index (χ4v) is 2.36. The highest BCUT2D eigenvalue weighted by Gasteiger charge is 2.24. The van der Waals surface area contributed by atoms with E-state index in [0.717, 1.165) is 24.7 Å². The van der Waals surface area contributed by atoms with E-state index in [1.807, 2.05) is 36.4 Å². The molecule has 2 unspecified atom stereocenters. The molecule has 0 bridgehead atoms. The lowest BCUT2D eigenvalue weighted by Gasteiger charge is -1.96. The molecule has 2 aliphatic rings. The van der Waals surface area contributed by atoms with E-state index < -0.39 is 0 Å². The maximum atomic E-state index is 5.21. The van der Waals surface area contributed by atoms with Gasteiger partial charge in [-0.1, -0.05) is 36.4 Å². The highest BCUT2D eigenvalue weighted by molar-refractivity contribution is 8.07. The lowest BCUT2D eigenvalue weighted by molar-refractivity contribution is 0.424. The Morgan fingerprint density at radius 3 is 1.47 bits per heavy atom. The molecule has 2 atom stereocenters. The molecule has 94 valence electrons. The van der Waals surface area contributed by atoms with Gasteiger partial charge < -0.3 is 9.47 Å². The molecule has 3 rings (SSSR count). The third-order valence-corrected chi connectivity index (χ3v) is 3.86. The Morgan fingerprint density at radius 2 is 1.18 bits per heavy atom. The van der Waals surface area contributed by atoms with Crippen LogP contribution < -0.4 is 0 Å². The Labute approximate surface area is 111 Å². The summed E-state index contributed by atoms with van der Waals surface area (Å²) in [4.78, 5) is 0. The van der Waals surface area contributed by atoms with Crippen molar-refractivity contribution in [2.24, 2.45) is 0 Å². The van der Waals surface area contributed by atoms with Crippen molar-refractivity contribution < 1.29 is 13.1 Å². The second-order valence-corrected chi connectivity index (χ2v) is 5.38. The highest BCUT2D eigenvalue weighted by Crippen LogP contribution is 2.24. The third kappa shape index (κ3) is 7.68. The van der Waals surface area contributed by atoms with Crippen LogP contribution >= 0.6 is 24.1 Å². The SMILES string of the molecule is C1OC1CSOSCC1CO1.c1ccccc1. The maximum Gasteiger partial charge on any atom is 0.0922 e. The first-order valence-corrected chi connectivity index (χ1v) is 7.41. The summed E-state index contributed by atoms with van der Waals surface area (Å²) >= 11 is 2.95. The van der Waals surface area contributed by atoms with Crippen molar-refractivity contribution in [3.8, 4) is 0 Å². The summed E-state index contributed by atoms with van der Waals surface area (Å²) in [6.07, 6.45) is 0.913. The molecule has 3 nitrogen and oxygen atoms in total. The highest BCUT2D eigenvalue weighted by atomic mass is 32.2.